The molecule has 1 saturated heterocycles. The highest BCUT2D eigenvalue weighted by molar-refractivity contribution is 7.09. The van der Waals surface area contributed by atoms with Gasteiger partial charge in [-0.15, -0.1) is 11.3 Å². The zero-order valence-electron chi connectivity index (χ0n) is 11.0. The molecule has 1 fully saturated rings. The Morgan fingerprint density at radius 1 is 1.63 bits per heavy atom. The fourth-order valence-corrected chi connectivity index (χ4v) is 2.95. The van der Waals surface area contributed by atoms with Gasteiger partial charge in [-0.25, -0.2) is 14.6 Å². The van der Waals surface area contributed by atoms with Crippen LogP contribution in [0.25, 0.3) is 0 Å². The maximum Gasteiger partial charge on any atom is 0.329 e. The van der Waals surface area contributed by atoms with Crippen molar-refractivity contribution < 1.29 is 14.7 Å². The van der Waals surface area contributed by atoms with E-state index in [-0.39, 0.29) is 6.03 Å². The van der Waals surface area contributed by atoms with Gasteiger partial charge in [0.15, 0.2) is 0 Å². The highest BCUT2D eigenvalue weighted by Gasteiger charge is 2.45. The number of thiazole rings is 1. The smallest absolute Gasteiger partial charge is 0.329 e. The highest BCUT2D eigenvalue weighted by Crippen LogP contribution is 2.29. The quantitative estimate of drug-likeness (QED) is 0.882. The van der Waals surface area contributed by atoms with Gasteiger partial charge in [0.2, 0.25) is 0 Å². The van der Waals surface area contributed by atoms with Crippen LogP contribution in [-0.2, 0) is 11.3 Å². The van der Waals surface area contributed by atoms with Gasteiger partial charge in [0.05, 0.1) is 6.54 Å². The maximum atomic E-state index is 12.1. The summed E-state index contributed by atoms with van der Waals surface area (Å²) in [6.07, 6.45) is 1.21. The minimum atomic E-state index is -1.09. The third-order valence-electron chi connectivity index (χ3n) is 3.40. The first-order valence-electron chi connectivity index (χ1n) is 6.13. The van der Waals surface area contributed by atoms with Crippen LogP contribution in [0.15, 0.2) is 5.38 Å². The number of likely N-dealkylation sites (tertiary alicyclic amines) is 1. The molecule has 0 radical (unpaired) electrons. The molecule has 1 unspecified atom stereocenters. The van der Waals surface area contributed by atoms with E-state index in [9.17, 15) is 14.7 Å². The van der Waals surface area contributed by atoms with Crippen molar-refractivity contribution in [3.05, 3.63) is 16.1 Å². The summed E-state index contributed by atoms with van der Waals surface area (Å²) in [7, 11) is 0. The molecule has 0 bridgehead atoms. The number of aromatic nitrogens is 1. The zero-order chi connectivity index (χ0) is 14.0. The molecule has 19 heavy (non-hydrogen) atoms. The number of aryl methyl sites for hydroxylation is 1. The molecule has 1 atom stereocenters. The number of urea groups is 1. The molecule has 104 valence electrons. The molecule has 1 aliphatic rings. The fourth-order valence-electron chi connectivity index (χ4n) is 2.24. The molecular formula is C12H17N3O3S. The first kappa shape index (κ1) is 13.8. The van der Waals surface area contributed by atoms with Crippen LogP contribution in [0.1, 0.15) is 30.5 Å². The van der Waals surface area contributed by atoms with Crippen LogP contribution in [0.3, 0.4) is 0 Å². The largest absolute Gasteiger partial charge is 0.480 e. The Labute approximate surface area is 115 Å². The first-order chi connectivity index (χ1) is 8.93. The van der Waals surface area contributed by atoms with E-state index in [0.717, 1.165) is 10.7 Å². The summed E-state index contributed by atoms with van der Waals surface area (Å²) in [4.78, 5) is 29.0. The van der Waals surface area contributed by atoms with E-state index in [1.807, 2.05) is 12.3 Å². The predicted molar refractivity (Wildman–Crippen MR) is 71.1 cm³/mol. The number of carboxylic acids is 1. The molecule has 0 spiro atoms. The van der Waals surface area contributed by atoms with Crippen molar-refractivity contribution in [1.29, 1.82) is 0 Å². The first-order valence-corrected chi connectivity index (χ1v) is 7.01. The van der Waals surface area contributed by atoms with Gasteiger partial charge < -0.3 is 15.3 Å². The number of aliphatic carboxylic acids is 1. The summed E-state index contributed by atoms with van der Waals surface area (Å²) in [5.74, 6) is -0.953. The summed E-state index contributed by atoms with van der Waals surface area (Å²) in [6, 6.07) is -0.338. The van der Waals surface area contributed by atoms with E-state index in [0.29, 0.717) is 25.9 Å². The second-order valence-corrected chi connectivity index (χ2v) is 5.82. The molecule has 0 aromatic carbocycles. The Hall–Kier alpha value is -1.63. The number of rotatable bonds is 3. The van der Waals surface area contributed by atoms with Crippen molar-refractivity contribution in [2.24, 2.45) is 0 Å². The van der Waals surface area contributed by atoms with E-state index in [1.54, 1.807) is 6.92 Å². The number of carbonyl (C=O) groups excluding carboxylic acids is 1. The third-order valence-corrected chi connectivity index (χ3v) is 4.37. The number of hydrogen-bond donors (Lipinski definition) is 2. The number of hydrogen-bond acceptors (Lipinski definition) is 4. The fraction of sp³-hybridized carbons (Fsp3) is 0.583. The lowest BCUT2D eigenvalue weighted by Gasteiger charge is -2.31. The van der Waals surface area contributed by atoms with Gasteiger partial charge in [0.25, 0.3) is 0 Å². The lowest BCUT2D eigenvalue weighted by Crippen LogP contribution is -2.53. The molecule has 2 amide bonds. The monoisotopic (exact) mass is 283 g/mol. The summed E-state index contributed by atoms with van der Waals surface area (Å²) >= 11 is 1.48. The Morgan fingerprint density at radius 3 is 2.95 bits per heavy atom. The van der Waals surface area contributed by atoms with Crippen molar-refractivity contribution >= 4 is 23.3 Å². The number of carboxylic acid groups (broad SMARTS) is 1. The molecule has 0 saturated carbocycles. The highest BCUT2D eigenvalue weighted by atomic mass is 32.1. The minimum Gasteiger partial charge on any atom is -0.480 e. The standard InChI is InChI=1S/C12H17N3O3S/c1-8-7-19-9(14-8)6-13-11(18)15-5-3-4-12(15,2)10(16)17/h7H,3-6H2,1-2H3,(H,13,18)(H,16,17). The minimum absolute atomic E-state index is 0.337. The number of nitrogens with zero attached hydrogens (tertiary/aromatic N) is 2. The number of nitrogens with one attached hydrogen (secondary N) is 1. The molecule has 2 rings (SSSR count). The lowest BCUT2D eigenvalue weighted by molar-refractivity contribution is -0.147. The topological polar surface area (TPSA) is 82.5 Å². The predicted octanol–water partition coefficient (Wildman–Crippen LogP) is 1.60. The Morgan fingerprint density at radius 2 is 2.37 bits per heavy atom. The van der Waals surface area contributed by atoms with Crippen LogP contribution >= 0.6 is 11.3 Å². The van der Waals surface area contributed by atoms with E-state index >= 15 is 0 Å². The molecule has 2 N–H and O–H groups in total. The maximum absolute atomic E-state index is 12.1. The van der Waals surface area contributed by atoms with Crippen molar-refractivity contribution in [3.63, 3.8) is 0 Å². The van der Waals surface area contributed by atoms with E-state index in [2.05, 4.69) is 10.3 Å². The van der Waals surface area contributed by atoms with Crippen LogP contribution in [0.2, 0.25) is 0 Å². The van der Waals surface area contributed by atoms with Crippen molar-refractivity contribution in [2.45, 2.75) is 38.8 Å². The average Bonchev–Trinajstić information content (AvgIpc) is 2.93. The van der Waals surface area contributed by atoms with Crippen molar-refractivity contribution in [2.75, 3.05) is 6.54 Å². The van der Waals surface area contributed by atoms with Gasteiger partial charge in [-0.1, -0.05) is 0 Å². The molecule has 1 aliphatic heterocycles. The average molecular weight is 283 g/mol. The SMILES string of the molecule is Cc1csc(CNC(=O)N2CCCC2(C)C(=O)O)n1. The van der Waals surface area contributed by atoms with Gasteiger partial charge in [0, 0.05) is 17.6 Å². The summed E-state index contributed by atoms with van der Waals surface area (Å²) in [5, 5.41) is 14.7. The Bertz CT molecular complexity index is 502. The van der Waals surface area contributed by atoms with Crippen molar-refractivity contribution in [1.82, 2.24) is 15.2 Å². The molecule has 0 aliphatic carbocycles. The zero-order valence-corrected chi connectivity index (χ0v) is 11.8. The molecule has 1 aromatic rings. The van der Waals surface area contributed by atoms with Gasteiger partial charge in [-0.3, -0.25) is 0 Å². The molecular weight excluding hydrogens is 266 g/mol. The molecule has 7 heteroatoms. The van der Waals surface area contributed by atoms with Crippen LogP contribution in [0, 0.1) is 6.92 Å². The number of carbonyl (C=O) groups is 2. The van der Waals surface area contributed by atoms with E-state index in [1.165, 1.54) is 16.2 Å². The van der Waals surface area contributed by atoms with Crippen LogP contribution < -0.4 is 5.32 Å². The molecule has 1 aromatic heterocycles. The Balaban J connectivity index is 1.98. The normalized spacial score (nSPS) is 22.5. The summed E-state index contributed by atoms with van der Waals surface area (Å²) < 4.78 is 0. The second kappa shape index (κ2) is 5.16. The Kier molecular flexibility index (Phi) is 3.75. The van der Waals surface area contributed by atoms with Crippen LogP contribution in [0.4, 0.5) is 4.79 Å². The lowest BCUT2D eigenvalue weighted by atomic mass is 10.00. The van der Waals surface area contributed by atoms with Gasteiger partial charge in [-0.2, -0.15) is 0 Å². The molecule has 6 nitrogen and oxygen atoms in total. The van der Waals surface area contributed by atoms with Crippen LogP contribution in [0.5, 0.6) is 0 Å². The van der Waals surface area contributed by atoms with Gasteiger partial charge >= 0.3 is 12.0 Å². The number of amides is 2. The molecule has 2 heterocycles. The van der Waals surface area contributed by atoms with E-state index in [4.69, 9.17) is 0 Å². The summed E-state index contributed by atoms with van der Waals surface area (Å²) in [6.45, 7) is 4.30. The second-order valence-electron chi connectivity index (χ2n) is 4.88. The van der Waals surface area contributed by atoms with Gasteiger partial charge in [-0.05, 0) is 26.7 Å². The third kappa shape index (κ3) is 2.70. The van der Waals surface area contributed by atoms with E-state index < -0.39 is 11.5 Å². The summed E-state index contributed by atoms with van der Waals surface area (Å²) in [5.41, 5.74) is -0.172. The van der Waals surface area contributed by atoms with Crippen LogP contribution in [-0.4, -0.2) is 39.1 Å². The van der Waals surface area contributed by atoms with Crippen molar-refractivity contribution in [3.8, 4) is 0 Å². The van der Waals surface area contributed by atoms with Gasteiger partial charge in [0.1, 0.15) is 10.5 Å².